The molecule has 1 aromatic rings. The molecule has 4 heteroatoms. The normalized spacial score (nSPS) is 11.4. The van der Waals surface area contributed by atoms with Crippen LogP contribution in [-0.2, 0) is 6.54 Å². The minimum Gasteiger partial charge on any atom is -0.493 e. The molecular formula is C15H25NO3. The summed E-state index contributed by atoms with van der Waals surface area (Å²) in [6.07, 6.45) is 1.07. The standard InChI is InChI=1S/C15H25NO3/c1-5-15(2,3)16-11-12-6-7-13(19-9-8-17)14(10-12)18-4/h6-7,10,16-17H,5,8-9,11H2,1-4H3. The van der Waals surface area contributed by atoms with E-state index in [2.05, 4.69) is 26.1 Å². The molecule has 0 spiro atoms. The zero-order valence-electron chi connectivity index (χ0n) is 12.3. The van der Waals surface area contributed by atoms with Gasteiger partial charge in [0, 0.05) is 12.1 Å². The van der Waals surface area contributed by atoms with E-state index in [0.29, 0.717) is 11.5 Å². The monoisotopic (exact) mass is 267 g/mol. The molecule has 4 nitrogen and oxygen atoms in total. The lowest BCUT2D eigenvalue weighted by atomic mass is 10.0. The van der Waals surface area contributed by atoms with Crippen molar-refractivity contribution < 1.29 is 14.6 Å². The van der Waals surface area contributed by atoms with Crippen LogP contribution in [0.4, 0.5) is 0 Å². The summed E-state index contributed by atoms with van der Waals surface area (Å²) in [7, 11) is 1.62. The van der Waals surface area contributed by atoms with Gasteiger partial charge < -0.3 is 19.9 Å². The van der Waals surface area contributed by atoms with Crippen LogP contribution in [0, 0.1) is 0 Å². The SMILES string of the molecule is CCC(C)(C)NCc1ccc(OCCO)c(OC)c1. The molecule has 19 heavy (non-hydrogen) atoms. The molecule has 0 saturated heterocycles. The van der Waals surface area contributed by atoms with Crippen molar-refractivity contribution in [2.75, 3.05) is 20.3 Å². The van der Waals surface area contributed by atoms with Crippen LogP contribution in [0.15, 0.2) is 18.2 Å². The third-order valence-electron chi connectivity index (χ3n) is 3.23. The van der Waals surface area contributed by atoms with Crippen LogP contribution >= 0.6 is 0 Å². The molecule has 1 rings (SSSR count). The predicted octanol–water partition coefficient (Wildman–Crippen LogP) is 2.34. The summed E-state index contributed by atoms with van der Waals surface area (Å²) in [5, 5.41) is 12.3. The van der Waals surface area contributed by atoms with E-state index in [1.54, 1.807) is 7.11 Å². The number of nitrogens with one attached hydrogen (secondary N) is 1. The molecule has 1 aromatic carbocycles. The van der Waals surface area contributed by atoms with Gasteiger partial charge in [-0.25, -0.2) is 0 Å². The first kappa shape index (κ1) is 15.8. The van der Waals surface area contributed by atoms with Crippen molar-refractivity contribution in [3.8, 4) is 11.5 Å². The Kier molecular flexibility index (Phi) is 6.12. The van der Waals surface area contributed by atoms with Crippen molar-refractivity contribution in [2.24, 2.45) is 0 Å². The van der Waals surface area contributed by atoms with Gasteiger partial charge in [0.2, 0.25) is 0 Å². The number of methoxy groups -OCH3 is 1. The Morgan fingerprint density at radius 2 is 2.00 bits per heavy atom. The Morgan fingerprint density at radius 3 is 2.58 bits per heavy atom. The summed E-state index contributed by atoms with van der Waals surface area (Å²) in [4.78, 5) is 0. The summed E-state index contributed by atoms with van der Waals surface area (Å²) in [5.41, 5.74) is 1.27. The van der Waals surface area contributed by atoms with E-state index in [-0.39, 0.29) is 18.8 Å². The number of rotatable bonds is 8. The number of hydrogen-bond acceptors (Lipinski definition) is 4. The Hall–Kier alpha value is -1.26. The lowest BCUT2D eigenvalue weighted by Gasteiger charge is -2.24. The van der Waals surface area contributed by atoms with Crippen LogP contribution in [-0.4, -0.2) is 31.0 Å². The zero-order chi connectivity index (χ0) is 14.3. The van der Waals surface area contributed by atoms with Crippen LogP contribution in [0.1, 0.15) is 32.8 Å². The van der Waals surface area contributed by atoms with E-state index in [1.807, 2.05) is 18.2 Å². The third kappa shape index (κ3) is 5.09. The Balaban J connectivity index is 2.71. The molecule has 0 saturated carbocycles. The van der Waals surface area contributed by atoms with E-state index < -0.39 is 0 Å². The number of benzene rings is 1. The van der Waals surface area contributed by atoms with E-state index in [9.17, 15) is 0 Å². The smallest absolute Gasteiger partial charge is 0.161 e. The highest BCUT2D eigenvalue weighted by Gasteiger charge is 2.14. The average molecular weight is 267 g/mol. The van der Waals surface area contributed by atoms with Crippen LogP contribution in [0.25, 0.3) is 0 Å². The predicted molar refractivity (Wildman–Crippen MR) is 76.8 cm³/mol. The van der Waals surface area contributed by atoms with Crippen LogP contribution in [0.5, 0.6) is 11.5 Å². The molecule has 0 aliphatic heterocycles. The van der Waals surface area contributed by atoms with Gasteiger partial charge in [-0.15, -0.1) is 0 Å². The Labute approximate surface area is 115 Å². The summed E-state index contributed by atoms with van der Waals surface area (Å²) in [6, 6.07) is 5.85. The summed E-state index contributed by atoms with van der Waals surface area (Å²) < 4.78 is 10.7. The number of hydrogen-bond donors (Lipinski definition) is 2. The Morgan fingerprint density at radius 1 is 1.26 bits per heavy atom. The first-order valence-electron chi connectivity index (χ1n) is 6.68. The minimum absolute atomic E-state index is 0.00283. The molecule has 0 unspecified atom stereocenters. The maximum absolute atomic E-state index is 8.77. The van der Waals surface area contributed by atoms with Crippen LogP contribution in [0.2, 0.25) is 0 Å². The molecule has 2 N–H and O–H groups in total. The van der Waals surface area contributed by atoms with E-state index in [1.165, 1.54) is 0 Å². The summed E-state index contributed by atoms with van der Waals surface area (Å²) in [5.74, 6) is 1.36. The van der Waals surface area contributed by atoms with Crippen molar-refractivity contribution in [3.05, 3.63) is 23.8 Å². The topological polar surface area (TPSA) is 50.7 Å². The molecule has 0 radical (unpaired) electrons. The van der Waals surface area contributed by atoms with Gasteiger partial charge >= 0.3 is 0 Å². The van der Waals surface area contributed by atoms with Gasteiger partial charge in [-0.2, -0.15) is 0 Å². The third-order valence-corrected chi connectivity index (χ3v) is 3.23. The summed E-state index contributed by atoms with van der Waals surface area (Å²) in [6.45, 7) is 7.59. The number of ether oxygens (including phenoxy) is 2. The molecule has 0 fully saturated rings. The highest BCUT2D eigenvalue weighted by molar-refractivity contribution is 5.43. The van der Waals surface area contributed by atoms with Crippen LogP contribution < -0.4 is 14.8 Å². The van der Waals surface area contributed by atoms with Gasteiger partial charge in [0.05, 0.1) is 13.7 Å². The fraction of sp³-hybridized carbons (Fsp3) is 0.600. The van der Waals surface area contributed by atoms with Crippen molar-refractivity contribution in [1.82, 2.24) is 5.32 Å². The molecule has 108 valence electrons. The second-order valence-electron chi connectivity index (χ2n) is 5.15. The second-order valence-corrected chi connectivity index (χ2v) is 5.15. The largest absolute Gasteiger partial charge is 0.493 e. The lowest BCUT2D eigenvalue weighted by molar-refractivity contribution is 0.196. The van der Waals surface area contributed by atoms with Gasteiger partial charge in [-0.1, -0.05) is 13.0 Å². The minimum atomic E-state index is -0.00283. The maximum Gasteiger partial charge on any atom is 0.161 e. The molecule has 0 amide bonds. The molecule has 0 aromatic heterocycles. The van der Waals surface area contributed by atoms with Crippen LogP contribution in [0.3, 0.4) is 0 Å². The lowest BCUT2D eigenvalue weighted by Crippen LogP contribution is -2.37. The average Bonchev–Trinajstić information content (AvgIpc) is 2.43. The highest BCUT2D eigenvalue weighted by Crippen LogP contribution is 2.28. The first-order valence-corrected chi connectivity index (χ1v) is 6.68. The Bertz CT molecular complexity index is 391. The van der Waals surface area contributed by atoms with Gasteiger partial charge in [0.25, 0.3) is 0 Å². The van der Waals surface area contributed by atoms with Crippen molar-refractivity contribution in [1.29, 1.82) is 0 Å². The second kappa shape index (κ2) is 7.36. The number of aliphatic hydroxyl groups excluding tert-OH is 1. The van der Waals surface area contributed by atoms with Gasteiger partial charge in [0.1, 0.15) is 6.61 Å². The van der Waals surface area contributed by atoms with E-state index >= 15 is 0 Å². The first-order chi connectivity index (χ1) is 9.02. The van der Waals surface area contributed by atoms with E-state index in [4.69, 9.17) is 14.6 Å². The molecule has 0 aliphatic rings. The summed E-state index contributed by atoms with van der Waals surface area (Å²) >= 11 is 0. The van der Waals surface area contributed by atoms with E-state index in [0.717, 1.165) is 18.5 Å². The fourth-order valence-electron chi connectivity index (χ4n) is 1.56. The van der Waals surface area contributed by atoms with Gasteiger partial charge in [-0.3, -0.25) is 0 Å². The molecular weight excluding hydrogens is 242 g/mol. The van der Waals surface area contributed by atoms with Crippen molar-refractivity contribution >= 4 is 0 Å². The molecule has 0 bridgehead atoms. The van der Waals surface area contributed by atoms with Gasteiger partial charge in [-0.05, 0) is 38.0 Å². The maximum atomic E-state index is 8.77. The van der Waals surface area contributed by atoms with Gasteiger partial charge in [0.15, 0.2) is 11.5 Å². The molecule has 0 heterocycles. The molecule has 0 aliphatic carbocycles. The highest BCUT2D eigenvalue weighted by atomic mass is 16.5. The zero-order valence-corrected chi connectivity index (χ0v) is 12.3. The fourth-order valence-corrected chi connectivity index (χ4v) is 1.56. The van der Waals surface area contributed by atoms with Crippen molar-refractivity contribution in [3.63, 3.8) is 0 Å². The quantitative estimate of drug-likeness (QED) is 0.759. The van der Waals surface area contributed by atoms with Crippen molar-refractivity contribution in [2.45, 2.75) is 39.3 Å². The molecule has 0 atom stereocenters. The number of aliphatic hydroxyl groups is 1.